The minimum atomic E-state index is -0.999. The largest absolute Gasteiger partial charge is 0.480 e. The number of anilines is 1. The number of nitrogens with two attached hydrogens (primary N) is 1. The van der Waals surface area contributed by atoms with E-state index in [2.05, 4.69) is 0 Å². The predicted octanol–water partition coefficient (Wildman–Crippen LogP) is 1.27. The highest BCUT2D eigenvalue weighted by atomic mass is 16.4. The van der Waals surface area contributed by atoms with Crippen LogP contribution in [-0.4, -0.2) is 34.5 Å². The van der Waals surface area contributed by atoms with Crippen molar-refractivity contribution in [3.05, 3.63) is 29.3 Å². The maximum atomic E-state index is 12.3. The van der Waals surface area contributed by atoms with E-state index >= 15 is 0 Å². The number of carbonyl (C=O) groups excluding carboxylic acids is 1. The van der Waals surface area contributed by atoms with Crippen LogP contribution in [0.15, 0.2) is 18.2 Å². The molecule has 1 aliphatic rings. The standard InChI is InChI=1S/C13H16N2O3/c1-8-2-5-11(14)10(6-8)13(18)15(7-12(16)17)9-3-4-9/h2,5-6,9H,3-4,7,14H2,1H3,(H,16,17). The average molecular weight is 248 g/mol. The van der Waals surface area contributed by atoms with Gasteiger partial charge in [-0.05, 0) is 31.9 Å². The molecule has 2 rings (SSSR count). The molecule has 1 amide bonds. The molecule has 0 heterocycles. The fourth-order valence-electron chi connectivity index (χ4n) is 1.91. The van der Waals surface area contributed by atoms with Crippen molar-refractivity contribution in [3.8, 4) is 0 Å². The Labute approximate surface area is 105 Å². The van der Waals surface area contributed by atoms with Crippen LogP contribution in [0.5, 0.6) is 0 Å². The van der Waals surface area contributed by atoms with Crippen LogP contribution in [-0.2, 0) is 4.79 Å². The Hall–Kier alpha value is -2.04. The van der Waals surface area contributed by atoms with Crippen LogP contribution in [0.1, 0.15) is 28.8 Å². The summed E-state index contributed by atoms with van der Waals surface area (Å²) in [4.78, 5) is 24.5. The van der Waals surface area contributed by atoms with Crippen LogP contribution in [0.3, 0.4) is 0 Å². The quantitative estimate of drug-likeness (QED) is 0.786. The van der Waals surface area contributed by atoms with Crippen LogP contribution in [0.2, 0.25) is 0 Å². The number of rotatable bonds is 4. The number of benzene rings is 1. The van der Waals surface area contributed by atoms with Crippen LogP contribution < -0.4 is 5.73 Å². The summed E-state index contributed by atoms with van der Waals surface area (Å²) in [5, 5.41) is 8.86. The minimum Gasteiger partial charge on any atom is -0.480 e. The summed E-state index contributed by atoms with van der Waals surface area (Å²) in [6.07, 6.45) is 1.73. The molecule has 0 radical (unpaired) electrons. The summed E-state index contributed by atoms with van der Waals surface area (Å²) in [6, 6.07) is 5.25. The Morgan fingerprint density at radius 2 is 2.11 bits per heavy atom. The van der Waals surface area contributed by atoms with E-state index in [4.69, 9.17) is 10.8 Å². The number of carbonyl (C=O) groups is 2. The Balaban J connectivity index is 2.27. The molecule has 1 aromatic rings. The molecule has 1 aromatic carbocycles. The zero-order chi connectivity index (χ0) is 13.3. The molecule has 0 unspecified atom stereocenters. The van der Waals surface area contributed by atoms with Gasteiger partial charge in [-0.3, -0.25) is 9.59 Å². The van der Waals surface area contributed by atoms with E-state index in [1.807, 2.05) is 13.0 Å². The Morgan fingerprint density at radius 3 is 2.67 bits per heavy atom. The highest BCUT2D eigenvalue weighted by Crippen LogP contribution is 2.29. The third-order valence-electron chi connectivity index (χ3n) is 2.99. The van der Waals surface area contributed by atoms with Crippen LogP contribution in [0.4, 0.5) is 5.69 Å². The summed E-state index contributed by atoms with van der Waals surface area (Å²) in [7, 11) is 0. The van der Waals surface area contributed by atoms with E-state index in [0.717, 1.165) is 18.4 Å². The van der Waals surface area contributed by atoms with Gasteiger partial charge in [0.1, 0.15) is 6.54 Å². The lowest BCUT2D eigenvalue weighted by atomic mass is 10.1. The third-order valence-corrected chi connectivity index (χ3v) is 2.99. The number of carboxylic acid groups (broad SMARTS) is 1. The maximum absolute atomic E-state index is 12.3. The summed E-state index contributed by atoms with van der Waals surface area (Å²) in [5.41, 5.74) is 7.50. The van der Waals surface area contributed by atoms with E-state index in [0.29, 0.717) is 11.3 Å². The number of aliphatic carboxylic acids is 1. The molecule has 3 N–H and O–H groups in total. The van der Waals surface area contributed by atoms with Gasteiger partial charge < -0.3 is 15.7 Å². The molecule has 5 heteroatoms. The lowest BCUT2D eigenvalue weighted by Crippen LogP contribution is -2.37. The first-order valence-corrected chi connectivity index (χ1v) is 5.88. The first-order chi connectivity index (χ1) is 8.49. The highest BCUT2D eigenvalue weighted by molar-refractivity contribution is 6.00. The lowest BCUT2D eigenvalue weighted by molar-refractivity contribution is -0.137. The van der Waals surface area contributed by atoms with Gasteiger partial charge in [-0.1, -0.05) is 11.6 Å². The molecule has 18 heavy (non-hydrogen) atoms. The number of hydrogen-bond acceptors (Lipinski definition) is 3. The van der Waals surface area contributed by atoms with Gasteiger partial charge in [0, 0.05) is 11.7 Å². The van der Waals surface area contributed by atoms with Crippen molar-refractivity contribution < 1.29 is 14.7 Å². The predicted molar refractivity (Wildman–Crippen MR) is 67.3 cm³/mol. The fourth-order valence-corrected chi connectivity index (χ4v) is 1.91. The molecule has 1 saturated carbocycles. The molecular formula is C13H16N2O3. The van der Waals surface area contributed by atoms with Gasteiger partial charge in [-0.2, -0.15) is 0 Å². The second-order valence-electron chi connectivity index (χ2n) is 4.65. The molecule has 0 bridgehead atoms. The van der Waals surface area contributed by atoms with Gasteiger partial charge in [0.25, 0.3) is 5.91 Å². The highest BCUT2D eigenvalue weighted by Gasteiger charge is 2.34. The molecule has 0 saturated heterocycles. The molecule has 0 atom stereocenters. The van der Waals surface area contributed by atoms with Crippen molar-refractivity contribution in [2.45, 2.75) is 25.8 Å². The average Bonchev–Trinajstić information content (AvgIpc) is 3.12. The van der Waals surface area contributed by atoms with E-state index in [1.54, 1.807) is 12.1 Å². The van der Waals surface area contributed by atoms with Crippen molar-refractivity contribution >= 4 is 17.6 Å². The topological polar surface area (TPSA) is 83.6 Å². The summed E-state index contributed by atoms with van der Waals surface area (Å²) >= 11 is 0. The van der Waals surface area contributed by atoms with Crippen molar-refractivity contribution in [1.29, 1.82) is 0 Å². The third kappa shape index (κ3) is 2.61. The number of amides is 1. The van der Waals surface area contributed by atoms with E-state index in [1.165, 1.54) is 4.90 Å². The molecule has 5 nitrogen and oxygen atoms in total. The first kappa shape index (κ1) is 12.4. The zero-order valence-corrected chi connectivity index (χ0v) is 10.2. The molecule has 0 aromatic heterocycles. The molecule has 0 aliphatic heterocycles. The Kier molecular flexibility index (Phi) is 3.23. The molecule has 96 valence electrons. The summed E-state index contributed by atoms with van der Waals surface area (Å²) < 4.78 is 0. The molecule has 1 fully saturated rings. The SMILES string of the molecule is Cc1ccc(N)c(C(=O)N(CC(=O)O)C2CC2)c1. The van der Waals surface area contributed by atoms with Crippen molar-refractivity contribution in [2.75, 3.05) is 12.3 Å². The number of carboxylic acids is 1. The number of aryl methyl sites for hydroxylation is 1. The lowest BCUT2D eigenvalue weighted by Gasteiger charge is -2.21. The van der Waals surface area contributed by atoms with Crippen molar-refractivity contribution in [3.63, 3.8) is 0 Å². The van der Waals surface area contributed by atoms with Crippen molar-refractivity contribution in [2.24, 2.45) is 0 Å². The smallest absolute Gasteiger partial charge is 0.323 e. The van der Waals surface area contributed by atoms with Gasteiger partial charge in [0.15, 0.2) is 0 Å². The van der Waals surface area contributed by atoms with Crippen LogP contribution in [0, 0.1) is 6.92 Å². The van der Waals surface area contributed by atoms with E-state index < -0.39 is 5.97 Å². The van der Waals surface area contributed by atoms with Gasteiger partial charge in [-0.15, -0.1) is 0 Å². The maximum Gasteiger partial charge on any atom is 0.323 e. The van der Waals surface area contributed by atoms with E-state index in [-0.39, 0.29) is 18.5 Å². The molecule has 0 spiro atoms. The summed E-state index contributed by atoms with van der Waals surface area (Å²) in [5.74, 6) is -1.29. The number of hydrogen-bond donors (Lipinski definition) is 2. The normalized spacial score (nSPS) is 14.3. The molecule has 1 aliphatic carbocycles. The number of nitrogen functional groups attached to an aromatic ring is 1. The van der Waals surface area contributed by atoms with Crippen LogP contribution >= 0.6 is 0 Å². The van der Waals surface area contributed by atoms with E-state index in [9.17, 15) is 9.59 Å². The van der Waals surface area contributed by atoms with Gasteiger partial charge >= 0.3 is 5.97 Å². The fraction of sp³-hybridized carbons (Fsp3) is 0.385. The number of nitrogens with zero attached hydrogens (tertiary/aromatic N) is 1. The van der Waals surface area contributed by atoms with Gasteiger partial charge in [0.05, 0.1) is 5.56 Å². The first-order valence-electron chi connectivity index (χ1n) is 5.88. The minimum absolute atomic E-state index is 0.0495. The zero-order valence-electron chi connectivity index (χ0n) is 10.2. The summed E-state index contributed by atoms with van der Waals surface area (Å²) in [6.45, 7) is 1.60. The van der Waals surface area contributed by atoms with Crippen LogP contribution in [0.25, 0.3) is 0 Å². The van der Waals surface area contributed by atoms with Gasteiger partial charge in [0.2, 0.25) is 0 Å². The molecular weight excluding hydrogens is 232 g/mol. The monoisotopic (exact) mass is 248 g/mol. The van der Waals surface area contributed by atoms with Crippen molar-refractivity contribution in [1.82, 2.24) is 4.90 Å². The Morgan fingerprint density at radius 1 is 1.44 bits per heavy atom. The Bertz CT molecular complexity index is 495. The second-order valence-corrected chi connectivity index (χ2v) is 4.65. The van der Waals surface area contributed by atoms with Gasteiger partial charge in [-0.25, -0.2) is 0 Å². The second kappa shape index (κ2) is 4.68.